The molecule has 0 aromatic heterocycles. The fourth-order valence-corrected chi connectivity index (χ4v) is 2.57. The molecule has 1 saturated carbocycles. The first-order valence-electron chi connectivity index (χ1n) is 6.38. The van der Waals surface area contributed by atoms with Gasteiger partial charge in [0.25, 0.3) is 5.91 Å². The highest BCUT2D eigenvalue weighted by atomic mass is 35.5. The van der Waals surface area contributed by atoms with Crippen LogP contribution in [0.1, 0.15) is 36.2 Å². The lowest BCUT2D eigenvalue weighted by Crippen LogP contribution is -2.45. The molecule has 1 aromatic rings. The maximum atomic E-state index is 11.9. The number of nitrogens with one attached hydrogen (secondary N) is 2. The van der Waals surface area contributed by atoms with Gasteiger partial charge in [-0.1, -0.05) is 19.1 Å². The van der Waals surface area contributed by atoms with Crippen LogP contribution in [0.3, 0.4) is 0 Å². The van der Waals surface area contributed by atoms with E-state index in [-0.39, 0.29) is 11.8 Å². The largest absolute Gasteiger partial charge is 0.273 e. The van der Waals surface area contributed by atoms with Crippen molar-refractivity contribution in [3.63, 3.8) is 0 Å². The second kappa shape index (κ2) is 5.26. The molecule has 0 spiro atoms. The molecule has 1 fully saturated rings. The number of hydrogen-bond acceptors (Lipinski definition) is 2. The maximum absolute atomic E-state index is 11.9. The monoisotopic (exact) mass is 314 g/mol. The quantitative estimate of drug-likeness (QED) is 0.665. The number of benzene rings is 1. The lowest BCUT2D eigenvalue weighted by Gasteiger charge is -2.13. The summed E-state index contributed by atoms with van der Waals surface area (Å²) in [5.41, 5.74) is 5.50. The molecular formula is C14H16Cl2N2O2. The van der Waals surface area contributed by atoms with Gasteiger partial charge in [0.1, 0.15) is 4.33 Å². The van der Waals surface area contributed by atoms with Crippen LogP contribution in [0, 0.1) is 5.41 Å². The third kappa shape index (κ3) is 2.76. The van der Waals surface area contributed by atoms with E-state index in [0.29, 0.717) is 12.0 Å². The Hall–Kier alpha value is -1.26. The van der Waals surface area contributed by atoms with E-state index in [0.717, 1.165) is 12.0 Å². The summed E-state index contributed by atoms with van der Waals surface area (Å²) >= 11 is 11.8. The molecule has 2 rings (SSSR count). The number of halogens is 2. The van der Waals surface area contributed by atoms with Gasteiger partial charge in [-0.25, -0.2) is 0 Å². The van der Waals surface area contributed by atoms with Crippen molar-refractivity contribution in [3.05, 3.63) is 35.4 Å². The van der Waals surface area contributed by atoms with Gasteiger partial charge in [0.05, 0.1) is 5.41 Å². The number of carbonyl (C=O) groups excluding carboxylic acids is 2. The van der Waals surface area contributed by atoms with Crippen molar-refractivity contribution in [1.29, 1.82) is 0 Å². The summed E-state index contributed by atoms with van der Waals surface area (Å²) in [6, 6.07) is 7.18. The highest BCUT2D eigenvalue weighted by Gasteiger charge is 2.68. The molecule has 1 unspecified atom stereocenters. The first kappa shape index (κ1) is 15.1. The van der Waals surface area contributed by atoms with Gasteiger partial charge in [0.15, 0.2) is 0 Å². The van der Waals surface area contributed by atoms with Crippen LogP contribution < -0.4 is 10.9 Å². The van der Waals surface area contributed by atoms with Crippen LogP contribution in [0.4, 0.5) is 0 Å². The third-order valence-electron chi connectivity index (χ3n) is 3.67. The Labute approximate surface area is 127 Å². The van der Waals surface area contributed by atoms with Crippen LogP contribution in [-0.4, -0.2) is 16.1 Å². The fourth-order valence-electron chi connectivity index (χ4n) is 1.86. The van der Waals surface area contributed by atoms with Crippen LogP contribution in [0.15, 0.2) is 24.3 Å². The van der Waals surface area contributed by atoms with Gasteiger partial charge in [-0.3, -0.25) is 20.4 Å². The summed E-state index contributed by atoms with van der Waals surface area (Å²) in [6.07, 6.45) is 1.28. The van der Waals surface area contributed by atoms with E-state index in [4.69, 9.17) is 23.2 Å². The van der Waals surface area contributed by atoms with Crippen molar-refractivity contribution in [3.8, 4) is 0 Å². The second-order valence-corrected chi connectivity index (χ2v) is 6.66. The molecule has 1 aliphatic carbocycles. The number of hydrogen-bond donors (Lipinski definition) is 2. The molecule has 6 heteroatoms. The van der Waals surface area contributed by atoms with E-state index in [1.54, 1.807) is 19.1 Å². The second-order valence-electron chi connectivity index (χ2n) is 5.17. The van der Waals surface area contributed by atoms with E-state index < -0.39 is 9.75 Å². The highest BCUT2D eigenvalue weighted by molar-refractivity contribution is 6.53. The molecule has 20 heavy (non-hydrogen) atoms. The lowest BCUT2D eigenvalue weighted by atomic mass is 10.1. The summed E-state index contributed by atoms with van der Waals surface area (Å²) in [4.78, 5) is 23.7. The van der Waals surface area contributed by atoms with Crippen molar-refractivity contribution in [2.24, 2.45) is 5.41 Å². The smallest absolute Gasteiger partial charge is 0.269 e. The first-order valence-corrected chi connectivity index (χ1v) is 7.13. The Morgan fingerprint density at radius 2 is 1.75 bits per heavy atom. The molecule has 1 aliphatic rings. The van der Waals surface area contributed by atoms with Gasteiger partial charge in [0.2, 0.25) is 5.91 Å². The average Bonchev–Trinajstić information content (AvgIpc) is 2.96. The van der Waals surface area contributed by atoms with Gasteiger partial charge in [-0.2, -0.15) is 0 Å². The molecule has 0 bridgehead atoms. The molecule has 2 N–H and O–H groups in total. The van der Waals surface area contributed by atoms with Crippen molar-refractivity contribution >= 4 is 35.0 Å². The summed E-state index contributed by atoms with van der Waals surface area (Å²) in [7, 11) is 0. The molecule has 0 saturated heterocycles. The van der Waals surface area contributed by atoms with Crippen LogP contribution in [0.5, 0.6) is 0 Å². The highest BCUT2D eigenvalue weighted by Crippen LogP contribution is 2.63. The van der Waals surface area contributed by atoms with Crippen molar-refractivity contribution < 1.29 is 9.59 Å². The van der Waals surface area contributed by atoms with E-state index in [1.807, 2.05) is 19.1 Å². The minimum Gasteiger partial charge on any atom is -0.273 e. The van der Waals surface area contributed by atoms with Gasteiger partial charge in [-0.05, 0) is 37.5 Å². The number of aryl methyl sites for hydroxylation is 1. The molecule has 0 radical (unpaired) electrons. The van der Waals surface area contributed by atoms with Crippen molar-refractivity contribution in [2.75, 3.05) is 0 Å². The normalized spacial score (nSPS) is 23.0. The average molecular weight is 315 g/mol. The van der Waals surface area contributed by atoms with Crippen molar-refractivity contribution in [2.45, 2.75) is 31.0 Å². The van der Waals surface area contributed by atoms with Crippen LogP contribution >= 0.6 is 23.2 Å². The van der Waals surface area contributed by atoms with Gasteiger partial charge in [-0.15, -0.1) is 23.2 Å². The molecule has 2 amide bonds. The molecular weight excluding hydrogens is 299 g/mol. The summed E-state index contributed by atoms with van der Waals surface area (Å²) in [5, 5.41) is 0. The Morgan fingerprint density at radius 3 is 2.20 bits per heavy atom. The Kier molecular flexibility index (Phi) is 3.98. The van der Waals surface area contributed by atoms with Crippen LogP contribution in [0.25, 0.3) is 0 Å². The Balaban J connectivity index is 1.91. The van der Waals surface area contributed by atoms with E-state index in [2.05, 4.69) is 10.9 Å². The third-order valence-corrected chi connectivity index (χ3v) is 4.77. The fraction of sp³-hybridized carbons (Fsp3) is 0.429. The predicted octanol–water partition coefficient (Wildman–Crippen LogP) is 2.59. The molecule has 1 atom stereocenters. The Bertz CT molecular complexity index is 543. The first-order chi connectivity index (χ1) is 9.30. The predicted molar refractivity (Wildman–Crippen MR) is 78.6 cm³/mol. The standard InChI is InChI=1S/C14H16Cl2N2O2/c1-3-9-4-6-10(7-5-9)11(19)17-18-12(20)13(2)8-14(13,15)16/h4-7H,3,8H2,1-2H3,(H,17,19)(H,18,20). The zero-order valence-electron chi connectivity index (χ0n) is 11.3. The molecule has 108 valence electrons. The molecule has 0 heterocycles. The lowest BCUT2D eigenvalue weighted by molar-refractivity contribution is -0.126. The summed E-state index contributed by atoms with van der Waals surface area (Å²) in [6.45, 7) is 3.70. The zero-order valence-corrected chi connectivity index (χ0v) is 12.8. The number of hydrazine groups is 1. The minimum atomic E-state index is -1.05. The van der Waals surface area contributed by atoms with Gasteiger partial charge < -0.3 is 0 Å². The molecule has 0 aliphatic heterocycles. The van der Waals surface area contributed by atoms with E-state index >= 15 is 0 Å². The van der Waals surface area contributed by atoms with Crippen LogP contribution in [-0.2, 0) is 11.2 Å². The summed E-state index contributed by atoms with van der Waals surface area (Å²) < 4.78 is -1.05. The van der Waals surface area contributed by atoms with Gasteiger partial charge >= 0.3 is 0 Å². The van der Waals surface area contributed by atoms with Gasteiger partial charge in [0, 0.05) is 5.56 Å². The van der Waals surface area contributed by atoms with E-state index in [1.165, 1.54) is 0 Å². The van der Waals surface area contributed by atoms with E-state index in [9.17, 15) is 9.59 Å². The number of amides is 2. The zero-order chi connectivity index (χ0) is 15.0. The number of rotatable bonds is 3. The van der Waals surface area contributed by atoms with Crippen LogP contribution in [0.2, 0.25) is 0 Å². The number of alkyl halides is 2. The minimum absolute atomic E-state index is 0.371. The molecule has 1 aromatic carbocycles. The topological polar surface area (TPSA) is 58.2 Å². The molecule has 4 nitrogen and oxygen atoms in total. The summed E-state index contributed by atoms with van der Waals surface area (Å²) in [5.74, 6) is -0.763. The maximum Gasteiger partial charge on any atom is 0.269 e. The Morgan fingerprint density at radius 1 is 1.20 bits per heavy atom. The van der Waals surface area contributed by atoms with Crippen molar-refractivity contribution in [1.82, 2.24) is 10.9 Å². The number of carbonyl (C=O) groups is 2. The SMILES string of the molecule is CCc1ccc(C(=O)NNC(=O)C2(C)CC2(Cl)Cl)cc1.